The number of urea groups is 1. The highest BCUT2D eigenvalue weighted by molar-refractivity contribution is 7.10. The molecule has 2 amide bonds. The summed E-state index contributed by atoms with van der Waals surface area (Å²) in [5, 5.41) is 16.1. The Balaban J connectivity index is 2.65. The normalized spacial score (nSPS) is 13.8. The minimum absolute atomic E-state index is 0.0753. The molecule has 0 aromatic carbocycles. The number of ether oxygens (including phenoxy) is 1. The van der Waals surface area contributed by atoms with Crippen LogP contribution in [0.2, 0.25) is 0 Å². The summed E-state index contributed by atoms with van der Waals surface area (Å²) < 4.78 is 4.77. The Kier molecular flexibility index (Phi) is 6.47. The zero-order chi connectivity index (χ0) is 15.1. The average molecular weight is 300 g/mol. The van der Waals surface area contributed by atoms with Crippen LogP contribution in [0.15, 0.2) is 17.5 Å². The first-order valence-corrected chi connectivity index (χ1v) is 7.15. The highest BCUT2D eigenvalue weighted by Gasteiger charge is 2.23. The fraction of sp³-hybridized carbons (Fsp3) is 0.538. The van der Waals surface area contributed by atoms with Gasteiger partial charge in [0.2, 0.25) is 0 Å². The van der Waals surface area contributed by atoms with Gasteiger partial charge >= 0.3 is 12.0 Å². The van der Waals surface area contributed by atoms with Crippen molar-refractivity contribution in [1.29, 1.82) is 0 Å². The van der Waals surface area contributed by atoms with Gasteiger partial charge < -0.3 is 20.5 Å². The highest BCUT2D eigenvalue weighted by Crippen LogP contribution is 2.25. The maximum absolute atomic E-state index is 11.9. The Labute approximate surface area is 122 Å². The minimum Gasteiger partial charge on any atom is -0.480 e. The predicted octanol–water partition coefficient (Wildman–Crippen LogP) is 1.84. The molecule has 0 radical (unpaired) electrons. The Morgan fingerprint density at radius 1 is 1.40 bits per heavy atom. The van der Waals surface area contributed by atoms with E-state index in [0.717, 1.165) is 4.88 Å². The van der Waals surface area contributed by atoms with Crippen LogP contribution in [-0.2, 0) is 9.53 Å². The third-order valence-corrected chi connectivity index (χ3v) is 3.70. The summed E-state index contributed by atoms with van der Waals surface area (Å²) in [6, 6.07) is 2.14. The molecule has 0 aliphatic heterocycles. The molecule has 1 rings (SSSR count). The SMILES string of the molecule is COCC(NC(=O)NC(c1cccs1)C(C)C)C(=O)O. The average Bonchev–Trinajstić information content (AvgIpc) is 2.88. The van der Waals surface area contributed by atoms with Crippen LogP contribution in [0.1, 0.15) is 24.8 Å². The number of carbonyl (C=O) groups is 2. The van der Waals surface area contributed by atoms with Crippen LogP contribution in [0.5, 0.6) is 0 Å². The second-order valence-electron chi connectivity index (χ2n) is 4.70. The van der Waals surface area contributed by atoms with E-state index in [4.69, 9.17) is 9.84 Å². The van der Waals surface area contributed by atoms with Crippen LogP contribution >= 0.6 is 11.3 Å². The predicted molar refractivity (Wildman–Crippen MR) is 76.9 cm³/mol. The Bertz CT molecular complexity index is 434. The van der Waals surface area contributed by atoms with Crippen molar-refractivity contribution in [2.24, 2.45) is 5.92 Å². The molecule has 0 fully saturated rings. The van der Waals surface area contributed by atoms with Crippen LogP contribution in [0.25, 0.3) is 0 Å². The lowest BCUT2D eigenvalue weighted by atomic mass is 10.0. The van der Waals surface area contributed by atoms with Crippen molar-refractivity contribution in [2.45, 2.75) is 25.9 Å². The van der Waals surface area contributed by atoms with E-state index in [9.17, 15) is 9.59 Å². The number of carboxylic acids is 1. The zero-order valence-electron chi connectivity index (χ0n) is 11.8. The third-order valence-electron chi connectivity index (χ3n) is 2.74. The summed E-state index contributed by atoms with van der Waals surface area (Å²) >= 11 is 1.55. The highest BCUT2D eigenvalue weighted by atomic mass is 32.1. The first-order valence-electron chi connectivity index (χ1n) is 6.27. The smallest absolute Gasteiger partial charge is 0.328 e. The number of thiophene rings is 1. The van der Waals surface area contributed by atoms with Gasteiger partial charge in [-0.25, -0.2) is 9.59 Å². The molecule has 3 N–H and O–H groups in total. The van der Waals surface area contributed by atoms with Gasteiger partial charge in [0.15, 0.2) is 6.04 Å². The van der Waals surface area contributed by atoms with E-state index in [-0.39, 0.29) is 18.6 Å². The number of amides is 2. The van der Waals surface area contributed by atoms with Crippen molar-refractivity contribution in [3.8, 4) is 0 Å². The van der Waals surface area contributed by atoms with Gasteiger partial charge in [0.25, 0.3) is 0 Å². The Hall–Kier alpha value is -1.60. The first kappa shape index (κ1) is 16.5. The van der Waals surface area contributed by atoms with Crippen molar-refractivity contribution in [3.05, 3.63) is 22.4 Å². The Morgan fingerprint density at radius 3 is 2.55 bits per heavy atom. The van der Waals surface area contributed by atoms with Gasteiger partial charge in [-0.1, -0.05) is 19.9 Å². The molecule has 2 atom stereocenters. The molecule has 0 aliphatic rings. The van der Waals surface area contributed by atoms with E-state index in [2.05, 4.69) is 10.6 Å². The van der Waals surface area contributed by atoms with Crippen LogP contribution < -0.4 is 10.6 Å². The lowest BCUT2D eigenvalue weighted by Gasteiger charge is -2.23. The molecule has 2 unspecified atom stereocenters. The van der Waals surface area contributed by atoms with Crippen LogP contribution in [0.4, 0.5) is 4.79 Å². The number of carbonyl (C=O) groups excluding carboxylic acids is 1. The minimum atomic E-state index is -1.13. The van der Waals surface area contributed by atoms with E-state index in [0.29, 0.717) is 0 Å². The summed E-state index contributed by atoms with van der Waals surface area (Å²) in [5.41, 5.74) is 0. The van der Waals surface area contributed by atoms with Gasteiger partial charge in [0.1, 0.15) is 0 Å². The van der Waals surface area contributed by atoms with Gasteiger partial charge in [0.05, 0.1) is 12.6 Å². The lowest BCUT2D eigenvalue weighted by Crippen LogP contribution is -2.49. The monoisotopic (exact) mass is 300 g/mol. The molecule has 0 saturated heterocycles. The number of methoxy groups -OCH3 is 1. The molecule has 1 heterocycles. The number of hydrogen-bond donors (Lipinski definition) is 3. The Morgan fingerprint density at radius 2 is 2.10 bits per heavy atom. The standard InChI is InChI=1S/C13H20N2O4S/c1-8(2)11(10-5-4-6-20-10)15-13(18)14-9(7-19-3)12(16)17/h4-6,8-9,11H,7H2,1-3H3,(H,16,17)(H2,14,15,18). The zero-order valence-corrected chi connectivity index (χ0v) is 12.6. The van der Waals surface area contributed by atoms with Gasteiger partial charge in [0, 0.05) is 12.0 Å². The van der Waals surface area contributed by atoms with E-state index in [1.165, 1.54) is 7.11 Å². The molecule has 6 nitrogen and oxygen atoms in total. The topological polar surface area (TPSA) is 87.7 Å². The van der Waals surface area contributed by atoms with Gasteiger partial charge in [-0.15, -0.1) is 11.3 Å². The number of rotatable bonds is 7. The molecular weight excluding hydrogens is 280 g/mol. The fourth-order valence-electron chi connectivity index (χ4n) is 1.72. The van der Waals surface area contributed by atoms with Crippen LogP contribution in [0, 0.1) is 5.92 Å². The van der Waals surface area contributed by atoms with Crippen molar-refractivity contribution in [1.82, 2.24) is 10.6 Å². The molecule has 112 valence electrons. The second kappa shape index (κ2) is 7.86. The molecule has 0 saturated carbocycles. The van der Waals surface area contributed by atoms with Crippen molar-refractivity contribution in [3.63, 3.8) is 0 Å². The molecule has 20 heavy (non-hydrogen) atoms. The number of carboxylic acid groups (broad SMARTS) is 1. The molecule has 0 spiro atoms. The first-order chi connectivity index (χ1) is 9.45. The van der Waals surface area contributed by atoms with Crippen molar-refractivity contribution in [2.75, 3.05) is 13.7 Å². The summed E-state index contributed by atoms with van der Waals surface area (Å²) in [5.74, 6) is -0.927. The summed E-state index contributed by atoms with van der Waals surface area (Å²) in [6.07, 6.45) is 0. The summed E-state index contributed by atoms with van der Waals surface area (Å²) in [4.78, 5) is 23.9. The number of hydrogen-bond acceptors (Lipinski definition) is 4. The molecule has 1 aromatic rings. The van der Waals surface area contributed by atoms with Gasteiger partial charge in [-0.2, -0.15) is 0 Å². The fourth-order valence-corrected chi connectivity index (χ4v) is 2.67. The van der Waals surface area contributed by atoms with Crippen LogP contribution in [0.3, 0.4) is 0 Å². The molecule has 1 aromatic heterocycles. The van der Waals surface area contributed by atoms with E-state index < -0.39 is 18.0 Å². The van der Waals surface area contributed by atoms with Crippen molar-refractivity contribution >= 4 is 23.3 Å². The van der Waals surface area contributed by atoms with Gasteiger partial charge in [-0.05, 0) is 17.4 Å². The number of aliphatic carboxylic acids is 1. The molecule has 0 bridgehead atoms. The van der Waals surface area contributed by atoms with E-state index >= 15 is 0 Å². The maximum atomic E-state index is 11.9. The summed E-state index contributed by atoms with van der Waals surface area (Å²) in [6.45, 7) is 3.91. The molecular formula is C13H20N2O4S. The van der Waals surface area contributed by atoms with E-state index in [1.54, 1.807) is 11.3 Å². The quantitative estimate of drug-likeness (QED) is 0.717. The van der Waals surface area contributed by atoms with E-state index in [1.807, 2.05) is 31.4 Å². The summed E-state index contributed by atoms with van der Waals surface area (Å²) in [7, 11) is 1.39. The molecule has 7 heteroatoms. The lowest BCUT2D eigenvalue weighted by molar-refractivity contribution is -0.140. The van der Waals surface area contributed by atoms with Crippen molar-refractivity contribution < 1.29 is 19.4 Å². The second-order valence-corrected chi connectivity index (χ2v) is 5.68. The largest absolute Gasteiger partial charge is 0.480 e. The third kappa shape index (κ3) is 4.82. The van der Waals surface area contributed by atoms with Crippen LogP contribution in [-0.4, -0.2) is 36.9 Å². The van der Waals surface area contributed by atoms with Gasteiger partial charge in [-0.3, -0.25) is 0 Å². The maximum Gasteiger partial charge on any atom is 0.328 e. The number of nitrogens with one attached hydrogen (secondary N) is 2. The molecule has 0 aliphatic carbocycles.